The normalized spacial score (nSPS) is 13.4. The second-order valence-electron chi connectivity index (χ2n) is 7.13. The number of para-hydroxylation sites is 2. The van der Waals surface area contributed by atoms with Crippen molar-refractivity contribution < 1.29 is 5.11 Å². The van der Waals surface area contributed by atoms with Crippen molar-refractivity contribution in [3.8, 4) is 0 Å². The van der Waals surface area contributed by atoms with E-state index in [1.165, 1.54) is 0 Å². The quantitative estimate of drug-likeness (QED) is 0.742. The Balaban J connectivity index is 1.94. The Kier molecular flexibility index (Phi) is 4.60. The highest BCUT2D eigenvalue weighted by Crippen LogP contribution is 2.27. The van der Waals surface area contributed by atoms with Gasteiger partial charge in [0.25, 0.3) is 0 Å². The molecule has 0 radical (unpaired) electrons. The van der Waals surface area contributed by atoms with E-state index in [0.717, 1.165) is 27.7 Å². The third kappa shape index (κ3) is 3.60. The predicted molar refractivity (Wildman–Crippen MR) is 99.8 cm³/mol. The largest absolute Gasteiger partial charge is 0.392 e. The van der Waals surface area contributed by atoms with Gasteiger partial charge in [-0.05, 0) is 19.1 Å². The average Bonchev–Trinajstić information content (AvgIpc) is 3.11. The molecule has 2 aromatic heterocycles. The second kappa shape index (κ2) is 6.53. The summed E-state index contributed by atoms with van der Waals surface area (Å²) in [5, 5.41) is 16.0. The first kappa shape index (κ1) is 16.9. The zero-order valence-corrected chi connectivity index (χ0v) is 15.4. The molecule has 2 heterocycles. The smallest absolute Gasteiger partial charge is 0.204 e. The molecule has 0 spiro atoms. The number of hydrogen-bond donors (Lipinski definition) is 2. The number of thiazole rings is 1. The molecule has 3 aromatic rings. The first-order chi connectivity index (χ1) is 11.3. The number of rotatable bonds is 5. The number of aliphatic hydroxyl groups excluding tert-OH is 1. The fourth-order valence-electron chi connectivity index (χ4n) is 2.50. The standard InChI is InChI=1S/C18H24N4OS/c1-12(23)9-19-17-21-14-7-5-6-8-15(14)22(17)10-13-11-24-16(20-13)18(2,3)4/h5-8,11-12,23H,9-10H2,1-4H3,(H,19,21). The third-order valence-corrected chi connectivity index (χ3v) is 5.04. The summed E-state index contributed by atoms with van der Waals surface area (Å²) in [6.45, 7) is 9.42. The van der Waals surface area contributed by atoms with Crippen molar-refractivity contribution in [1.82, 2.24) is 14.5 Å². The minimum Gasteiger partial charge on any atom is -0.392 e. The van der Waals surface area contributed by atoms with E-state index in [0.29, 0.717) is 13.1 Å². The van der Waals surface area contributed by atoms with Crippen molar-refractivity contribution in [1.29, 1.82) is 0 Å². The van der Waals surface area contributed by atoms with Crippen LogP contribution in [0.1, 0.15) is 38.4 Å². The van der Waals surface area contributed by atoms with Crippen LogP contribution in [-0.4, -0.2) is 32.3 Å². The Bertz CT molecular complexity index is 829. The van der Waals surface area contributed by atoms with E-state index in [9.17, 15) is 5.11 Å². The summed E-state index contributed by atoms with van der Waals surface area (Å²) in [4.78, 5) is 9.45. The van der Waals surface area contributed by atoms with Crippen LogP contribution in [0.4, 0.5) is 5.95 Å². The van der Waals surface area contributed by atoms with E-state index >= 15 is 0 Å². The van der Waals surface area contributed by atoms with Gasteiger partial charge in [0.05, 0.1) is 34.4 Å². The van der Waals surface area contributed by atoms with Crippen molar-refractivity contribution in [3.63, 3.8) is 0 Å². The van der Waals surface area contributed by atoms with Crippen LogP contribution in [0.25, 0.3) is 11.0 Å². The van der Waals surface area contributed by atoms with E-state index < -0.39 is 6.10 Å². The van der Waals surface area contributed by atoms with Crippen molar-refractivity contribution in [3.05, 3.63) is 40.3 Å². The lowest BCUT2D eigenvalue weighted by atomic mass is 9.98. The lowest BCUT2D eigenvalue weighted by Gasteiger charge is -2.14. The van der Waals surface area contributed by atoms with E-state index in [-0.39, 0.29) is 5.41 Å². The topological polar surface area (TPSA) is 63.0 Å². The lowest BCUT2D eigenvalue weighted by molar-refractivity contribution is 0.208. The molecule has 0 amide bonds. The van der Waals surface area contributed by atoms with Crippen LogP contribution in [-0.2, 0) is 12.0 Å². The summed E-state index contributed by atoms with van der Waals surface area (Å²) in [7, 11) is 0. The Morgan fingerprint density at radius 3 is 2.67 bits per heavy atom. The summed E-state index contributed by atoms with van der Waals surface area (Å²) < 4.78 is 2.12. The van der Waals surface area contributed by atoms with Crippen LogP contribution in [0.15, 0.2) is 29.6 Å². The fourth-order valence-corrected chi connectivity index (χ4v) is 3.39. The molecule has 24 heavy (non-hydrogen) atoms. The van der Waals surface area contributed by atoms with Gasteiger partial charge in [0.15, 0.2) is 0 Å². The summed E-state index contributed by atoms with van der Waals surface area (Å²) in [6.07, 6.45) is -0.426. The number of nitrogens with zero attached hydrogens (tertiary/aromatic N) is 3. The highest BCUT2D eigenvalue weighted by molar-refractivity contribution is 7.09. The van der Waals surface area contributed by atoms with E-state index in [2.05, 4.69) is 47.1 Å². The van der Waals surface area contributed by atoms with Crippen molar-refractivity contribution in [2.75, 3.05) is 11.9 Å². The van der Waals surface area contributed by atoms with Gasteiger partial charge >= 0.3 is 0 Å². The van der Waals surface area contributed by atoms with Gasteiger partial charge in [0, 0.05) is 17.3 Å². The Labute approximate surface area is 146 Å². The minimum absolute atomic E-state index is 0.0628. The summed E-state index contributed by atoms with van der Waals surface area (Å²) in [5.41, 5.74) is 3.11. The molecule has 0 saturated heterocycles. The minimum atomic E-state index is -0.426. The van der Waals surface area contributed by atoms with Crippen LogP contribution in [0.2, 0.25) is 0 Å². The van der Waals surface area contributed by atoms with Gasteiger partial charge in [-0.2, -0.15) is 0 Å². The molecule has 5 nitrogen and oxygen atoms in total. The molecule has 0 aliphatic carbocycles. The molecule has 1 atom stereocenters. The summed E-state index contributed by atoms with van der Waals surface area (Å²) in [6, 6.07) is 8.06. The van der Waals surface area contributed by atoms with Crippen LogP contribution in [0, 0.1) is 0 Å². The van der Waals surface area contributed by atoms with E-state index in [1.54, 1.807) is 18.3 Å². The van der Waals surface area contributed by atoms with Crippen molar-refractivity contribution >= 4 is 28.3 Å². The maximum Gasteiger partial charge on any atom is 0.204 e. The molecular formula is C18H24N4OS. The van der Waals surface area contributed by atoms with Crippen LogP contribution >= 0.6 is 11.3 Å². The zero-order chi connectivity index (χ0) is 17.3. The lowest BCUT2D eigenvalue weighted by Crippen LogP contribution is -2.18. The maximum absolute atomic E-state index is 9.55. The molecule has 1 unspecified atom stereocenters. The number of hydrogen-bond acceptors (Lipinski definition) is 5. The number of benzene rings is 1. The number of anilines is 1. The first-order valence-electron chi connectivity index (χ1n) is 8.16. The first-order valence-corrected chi connectivity index (χ1v) is 9.04. The molecule has 0 saturated carbocycles. The van der Waals surface area contributed by atoms with Gasteiger partial charge in [0.1, 0.15) is 0 Å². The predicted octanol–water partition coefficient (Wildman–Crippen LogP) is 3.63. The third-order valence-electron chi connectivity index (χ3n) is 3.72. The maximum atomic E-state index is 9.55. The van der Waals surface area contributed by atoms with Crippen LogP contribution in [0.3, 0.4) is 0 Å². The summed E-state index contributed by atoms with van der Waals surface area (Å²) >= 11 is 1.70. The number of nitrogens with one attached hydrogen (secondary N) is 1. The number of aliphatic hydroxyl groups is 1. The second-order valence-corrected chi connectivity index (χ2v) is 7.99. The fraction of sp³-hybridized carbons (Fsp3) is 0.444. The van der Waals surface area contributed by atoms with Gasteiger partial charge < -0.3 is 15.0 Å². The zero-order valence-electron chi connectivity index (χ0n) is 14.6. The van der Waals surface area contributed by atoms with Gasteiger partial charge in [-0.1, -0.05) is 32.9 Å². The van der Waals surface area contributed by atoms with Gasteiger partial charge in [-0.3, -0.25) is 0 Å². The summed E-state index contributed by atoms with van der Waals surface area (Å²) in [5.74, 6) is 0.766. The van der Waals surface area contributed by atoms with Crippen LogP contribution in [0.5, 0.6) is 0 Å². The Morgan fingerprint density at radius 1 is 1.25 bits per heavy atom. The van der Waals surface area contributed by atoms with Crippen molar-refractivity contribution in [2.24, 2.45) is 0 Å². The average molecular weight is 344 g/mol. The van der Waals surface area contributed by atoms with Crippen LogP contribution < -0.4 is 5.32 Å². The highest BCUT2D eigenvalue weighted by Gasteiger charge is 2.19. The molecule has 0 aliphatic rings. The van der Waals surface area contributed by atoms with Gasteiger partial charge in [-0.25, -0.2) is 9.97 Å². The Morgan fingerprint density at radius 2 is 2.00 bits per heavy atom. The van der Waals surface area contributed by atoms with Crippen molar-refractivity contribution in [2.45, 2.75) is 45.8 Å². The van der Waals surface area contributed by atoms with E-state index in [4.69, 9.17) is 4.98 Å². The molecule has 0 fully saturated rings. The Hall–Kier alpha value is -1.92. The molecular weight excluding hydrogens is 320 g/mol. The van der Waals surface area contributed by atoms with Gasteiger partial charge in [0.2, 0.25) is 5.95 Å². The molecule has 6 heteroatoms. The van der Waals surface area contributed by atoms with Gasteiger partial charge in [-0.15, -0.1) is 11.3 Å². The molecule has 3 rings (SSSR count). The molecule has 1 aromatic carbocycles. The monoisotopic (exact) mass is 344 g/mol. The van der Waals surface area contributed by atoms with E-state index in [1.807, 2.05) is 18.2 Å². The molecule has 128 valence electrons. The number of imidazole rings is 1. The number of fused-ring (bicyclic) bond motifs is 1. The molecule has 2 N–H and O–H groups in total. The number of aromatic nitrogens is 3. The SMILES string of the molecule is CC(O)CNc1nc2ccccc2n1Cc1csc(C(C)(C)C)n1. The molecule has 0 aliphatic heterocycles. The highest BCUT2D eigenvalue weighted by atomic mass is 32.1. The molecule has 0 bridgehead atoms.